The molecule has 19 heavy (non-hydrogen) atoms. The Morgan fingerprint density at radius 1 is 1.00 bits per heavy atom. The quantitative estimate of drug-likeness (QED) is 0.684. The van der Waals surface area contributed by atoms with Gasteiger partial charge in [0.2, 0.25) is 10.0 Å². The first-order valence-corrected chi connectivity index (χ1v) is 8.45. The van der Waals surface area contributed by atoms with Crippen LogP contribution in [0.15, 0.2) is 29.2 Å². The fourth-order valence-corrected chi connectivity index (χ4v) is 2.42. The number of unbranched alkanes of at least 4 members (excludes halogenated alkanes) is 5. The monoisotopic (exact) mass is 284 g/mol. The van der Waals surface area contributed by atoms with Gasteiger partial charge in [-0.1, -0.05) is 39.0 Å². The van der Waals surface area contributed by atoms with Crippen molar-refractivity contribution >= 4 is 15.7 Å². The molecular weight excluding hydrogens is 260 g/mol. The first-order chi connectivity index (χ1) is 9.04. The molecule has 0 bridgehead atoms. The van der Waals surface area contributed by atoms with Crippen molar-refractivity contribution in [3.63, 3.8) is 0 Å². The van der Waals surface area contributed by atoms with E-state index in [-0.39, 0.29) is 4.90 Å². The Labute approximate surface area is 116 Å². The summed E-state index contributed by atoms with van der Waals surface area (Å²) in [4.78, 5) is 0.151. The van der Waals surface area contributed by atoms with E-state index >= 15 is 0 Å². The molecule has 0 amide bonds. The Morgan fingerprint density at radius 3 is 2.16 bits per heavy atom. The maximum absolute atomic E-state index is 11.1. The van der Waals surface area contributed by atoms with Crippen molar-refractivity contribution in [3.05, 3.63) is 24.3 Å². The molecular formula is C14H24N2O2S. The van der Waals surface area contributed by atoms with Crippen molar-refractivity contribution < 1.29 is 8.42 Å². The van der Waals surface area contributed by atoms with Crippen LogP contribution >= 0.6 is 0 Å². The molecule has 0 saturated carbocycles. The van der Waals surface area contributed by atoms with Crippen molar-refractivity contribution in [2.75, 3.05) is 11.9 Å². The number of hydrogen-bond acceptors (Lipinski definition) is 3. The van der Waals surface area contributed by atoms with Crippen LogP contribution in [0.25, 0.3) is 0 Å². The molecule has 0 aliphatic carbocycles. The Kier molecular flexibility index (Phi) is 6.87. The number of nitrogens with one attached hydrogen (secondary N) is 1. The van der Waals surface area contributed by atoms with E-state index in [1.807, 2.05) is 0 Å². The van der Waals surface area contributed by atoms with Crippen LogP contribution < -0.4 is 10.5 Å². The topological polar surface area (TPSA) is 72.2 Å². The van der Waals surface area contributed by atoms with Crippen LogP contribution in [0.5, 0.6) is 0 Å². The number of nitrogens with two attached hydrogens (primary N) is 1. The molecule has 0 aliphatic rings. The average Bonchev–Trinajstić information content (AvgIpc) is 2.37. The predicted molar refractivity (Wildman–Crippen MR) is 79.7 cm³/mol. The van der Waals surface area contributed by atoms with Crippen molar-refractivity contribution in [2.24, 2.45) is 5.14 Å². The molecule has 4 nitrogen and oxygen atoms in total. The van der Waals surface area contributed by atoms with Crippen LogP contribution in [0.4, 0.5) is 5.69 Å². The van der Waals surface area contributed by atoms with Gasteiger partial charge in [0, 0.05) is 12.2 Å². The molecule has 0 unspecified atom stereocenters. The number of anilines is 1. The molecule has 5 heteroatoms. The highest BCUT2D eigenvalue weighted by atomic mass is 32.2. The molecule has 0 saturated heterocycles. The molecule has 0 atom stereocenters. The van der Waals surface area contributed by atoms with Gasteiger partial charge in [-0.15, -0.1) is 0 Å². The van der Waals surface area contributed by atoms with E-state index in [0.717, 1.165) is 18.7 Å². The molecule has 0 aromatic heterocycles. The first kappa shape index (κ1) is 16.0. The summed E-state index contributed by atoms with van der Waals surface area (Å²) < 4.78 is 22.2. The number of primary sulfonamides is 1. The summed E-state index contributed by atoms with van der Waals surface area (Å²) in [6.07, 6.45) is 7.58. The number of rotatable bonds is 9. The summed E-state index contributed by atoms with van der Waals surface area (Å²) in [7, 11) is -3.59. The second-order valence-electron chi connectivity index (χ2n) is 4.76. The molecule has 1 aromatic carbocycles. The van der Waals surface area contributed by atoms with Gasteiger partial charge in [0.1, 0.15) is 0 Å². The molecule has 0 spiro atoms. The minimum Gasteiger partial charge on any atom is -0.385 e. The Hall–Kier alpha value is -1.07. The van der Waals surface area contributed by atoms with Gasteiger partial charge in [0.25, 0.3) is 0 Å². The molecule has 108 valence electrons. The van der Waals surface area contributed by atoms with E-state index in [1.54, 1.807) is 12.1 Å². The Balaban J connectivity index is 2.23. The minimum absolute atomic E-state index is 0.151. The van der Waals surface area contributed by atoms with Crippen LogP contribution in [0, 0.1) is 0 Å². The zero-order valence-electron chi connectivity index (χ0n) is 11.6. The van der Waals surface area contributed by atoms with Crippen molar-refractivity contribution in [1.82, 2.24) is 0 Å². The zero-order valence-corrected chi connectivity index (χ0v) is 12.4. The highest BCUT2D eigenvalue weighted by molar-refractivity contribution is 7.89. The average molecular weight is 284 g/mol. The van der Waals surface area contributed by atoms with E-state index in [1.165, 1.54) is 44.2 Å². The van der Waals surface area contributed by atoms with Crippen LogP contribution in [0.2, 0.25) is 0 Å². The molecule has 3 N–H and O–H groups in total. The lowest BCUT2D eigenvalue weighted by Gasteiger charge is -2.07. The number of sulfonamides is 1. The van der Waals surface area contributed by atoms with Gasteiger partial charge in [-0.3, -0.25) is 0 Å². The van der Waals surface area contributed by atoms with E-state index in [2.05, 4.69) is 12.2 Å². The van der Waals surface area contributed by atoms with E-state index in [9.17, 15) is 8.42 Å². The predicted octanol–water partition coefficient (Wildman–Crippen LogP) is 3.11. The summed E-state index contributed by atoms with van der Waals surface area (Å²) in [5, 5.41) is 8.32. The van der Waals surface area contributed by atoms with Gasteiger partial charge >= 0.3 is 0 Å². The van der Waals surface area contributed by atoms with Crippen molar-refractivity contribution in [3.8, 4) is 0 Å². The standard InChI is InChI=1S/C14H24N2O2S/c1-2-3-4-5-6-7-12-16-13-8-10-14(11-9-13)19(15,17)18/h8-11,16H,2-7,12H2,1H3,(H2,15,17,18). The largest absolute Gasteiger partial charge is 0.385 e. The zero-order chi connectivity index (χ0) is 14.1. The normalized spacial score (nSPS) is 11.5. The molecule has 0 fully saturated rings. The number of hydrogen-bond donors (Lipinski definition) is 2. The third-order valence-corrected chi connectivity index (χ3v) is 3.97. The van der Waals surface area contributed by atoms with Crippen LogP contribution in [0.1, 0.15) is 45.4 Å². The van der Waals surface area contributed by atoms with Gasteiger partial charge in [-0.05, 0) is 30.7 Å². The van der Waals surface area contributed by atoms with Crippen molar-refractivity contribution in [1.29, 1.82) is 0 Å². The summed E-state index contributed by atoms with van der Waals surface area (Å²) in [6.45, 7) is 3.13. The van der Waals surface area contributed by atoms with Gasteiger partial charge < -0.3 is 5.32 Å². The third-order valence-electron chi connectivity index (χ3n) is 3.04. The molecule has 0 radical (unpaired) electrons. The lowest BCUT2D eigenvalue weighted by molar-refractivity contribution is 0.598. The second kappa shape index (κ2) is 8.17. The summed E-state index contributed by atoms with van der Waals surface area (Å²) in [5.41, 5.74) is 0.931. The molecule has 1 rings (SSSR count). The van der Waals surface area contributed by atoms with E-state index in [4.69, 9.17) is 5.14 Å². The highest BCUT2D eigenvalue weighted by Gasteiger charge is 2.06. The van der Waals surface area contributed by atoms with Crippen LogP contribution in [-0.4, -0.2) is 15.0 Å². The molecule has 0 heterocycles. The van der Waals surface area contributed by atoms with Gasteiger partial charge in [0.05, 0.1) is 4.90 Å². The SMILES string of the molecule is CCCCCCCCNc1ccc(S(N)(=O)=O)cc1. The fourth-order valence-electron chi connectivity index (χ4n) is 1.90. The summed E-state index contributed by atoms with van der Waals surface area (Å²) in [6, 6.07) is 6.55. The first-order valence-electron chi connectivity index (χ1n) is 6.91. The lowest BCUT2D eigenvalue weighted by Crippen LogP contribution is -2.12. The van der Waals surface area contributed by atoms with E-state index < -0.39 is 10.0 Å². The smallest absolute Gasteiger partial charge is 0.238 e. The molecule has 1 aromatic rings. The van der Waals surface area contributed by atoms with Gasteiger partial charge in [-0.25, -0.2) is 13.6 Å². The lowest BCUT2D eigenvalue weighted by atomic mass is 10.1. The minimum atomic E-state index is -3.59. The Morgan fingerprint density at radius 2 is 1.58 bits per heavy atom. The fraction of sp³-hybridized carbons (Fsp3) is 0.571. The number of benzene rings is 1. The maximum atomic E-state index is 11.1. The molecule has 0 aliphatic heterocycles. The highest BCUT2D eigenvalue weighted by Crippen LogP contribution is 2.13. The maximum Gasteiger partial charge on any atom is 0.238 e. The van der Waals surface area contributed by atoms with Gasteiger partial charge in [0.15, 0.2) is 0 Å². The summed E-state index contributed by atoms with van der Waals surface area (Å²) in [5.74, 6) is 0. The Bertz CT molecular complexity index is 455. The van der Waals surface area contributed by atoms with Crippen LogP contribution in [0.3, 0.4) is 0 Å². The van der Waals surface area contributed by atoms with Gasteiger partial charge in [-0.2, -0.15) is 0 Å². The third kappa shape index (κ3) is 6.59. The summed E-state index contributed by atoms with van der Waals surface area (Å²) >= 11 is 0. The van der Waals surface area contributed by atoms with E-state index in [0.29, 0.717) is 0 Å². The second-order valence-corrected chi connectivity index (χ2v) is 6.33. The van der Waals surface area contributed by atoms with Crippen LogP contribution in [-0.2, 0) is 10.0 Å². The van der Waals surface area contributed by atoms with Crippen molar-refractivity contribution in [2.45, 2.75) is 50.3 Å².